The number of carbonyl (C=O) groups excluding carboxylic acids is 3. The molecule has 0 spiro atoms. The molecule has 459 valence electrons. The van der Waals surface area contributed by atoms with Crippen LogP contribution < -0.4 is 17.1 Å². The number of hydrogen-bond donors (Lipinski definition) is 9. The van der Waals surface area contributed by atoms with E-state index in [-0.39, 0.29) is 587 Å². The minimum Gasteiger partial charge on any atom is -0.792 e. The fraction of sp³-hybridized carbons (Fsp3) is 0.857. The molecular formula is C42H78N4O22S3Y13-4. The molecule has 1 aromatic rings. The molecule has 1 unspecified atom stereocenters. The van der Waals surface area contributed by atoms with Crippen LogP contribution >= 0.6 is 0 Å². The van der Waals surface area contributed by atoms with Gasteiger partial charge in [0.2, 0.25) is 0 Å². The monoisotopic (exact) mass is 2240 g/mol. The Balaban J connectivity index is -0.0000000521. The van der Waals surface area contributed by atoms with Crippen LogP contribution in [0.1, 0.15) is 39.5 Å². The Labute approximate surface area is 838 Å². The molecule has 0 saturated heterocycles. The van der Waals surface area contributed by atoms with Crippen molar-refractivity contribution in [2.75, 3.05) is 156 Å². The Morgan fingerprint density at radius 3 is 0.905 bits per heavy atom. The number of ether oxygens (including phenoxy) is 7. The Bertz CT molecular complexity index is 1510. The second-order valence-corrected chi connectivity index (χ2v) is 16.2. The molecule has 0 aromatic carbocycles. The quantitative estimate of drug-likeness (QED) is 0.0129. The van der Waals surface area contributed by atoms with Crippen molar-refractivity contribution in [2.45, 2.75) is 65.3 Å². The van der Waals surface area contributed by atoms with Crippen LogP contribution in [0.5, 0.6) is 0 Å². The first-order valence-corrected chi connectivity index (χ1v) is 24.4. The van der Waals surface area contributed by atoms with Crippen LogP contribution in [0.15, 0.2) is 14.4 Å². The van der Waals surface area contributed by atoms with Crippen molar-refractivity contribution in [3.63, 3.8) is 0 Å². The maximum absolute atomic E-state index is 11.8. The molecule has 1 atom stereocenters. The average Bonchev–Trinajstić information content (AvgIpc) is 3.34. The van der Waals surface area contributed by atoms with E-state index in [1.165, 1.54) is 0 Å². The smallest absolute Gasteiger partial charge is 0.336 e. The van der Waals surface area contributed by atoms with Gasteiger partial charge in [-0.25, -0.2) is 28.1 Å². The van der Waals surface area contributed by atoms with Gasteiger partial charge in [0.1, 0.15) is 19.8 Å². The number of rotatable bonds is 39. The number of aromatic nitrogens is 3. The van der Waals surface area contributed by atoms with Crippen LogP contribution in [0, 0.1) is 10.8 Å². The molecular weight excluding hydrogens is 2160 g/mol. The van der Waals surface area contributed by atoms with Gasteiger partial charge in [0.25, 0.3) is 0 Å². The van der Waals surface area contributed by atoms with Gasteiger partial charge in [-0.05, 0) is 13.3 Å². The van der Waals surface area contributed by atoms with E-state index in [1.54, 1.807) is 6.92 Å². The maximum atomic E-state index is 11.8. The molecule has 0 aliphatic heterocycles. The third kappa shape index (κ3) is 74.8. The van der Waals surface area contributed by atoms with Crippen LogP contribution in [0.2, 0.25) is 0 Å². The number of esters is 3. The van der Waals surface area contributed by atoms with E-state index in [9.17, 15) is 33.9 Å². The predicted octanol–water partition coefficient (Wildman–Crippen LogP) is -5.32. The molecule has 0 bridgehead atoms. The summed E-state index contributed by atoms with van der Waals surface area (Å²) in [7, 11) is 0. The number of nitrogens with zero attached hydrogens (tertiary/aromatic N) is 4. The number of aliphatic hydroxyl groups is 9. The topological polar surface area (TPSA) is 378 Å². The Kier molecular flexibility index (Phi) is 156. The van der Waals surface area contributed by atoms with Crippen LogP contribution in [0.3, 0.4) is 0 Å². The summed E-state index contributed by atoms with van der Waals surface area (Å²) in [6, 6.07) is 0. The average molecular weight is 2240 g/mol. The molecule has 13 radical (unpaired) electrons. The normalized spacial score (nSPS) is 9.79. The molecule has 1 aromatic heterocycles. The van der Waals surface area contributed by atoms with E-state index in [0.29, 0.717) is 33.2 Å². The minimum absolute atomic E-state index is 0. The molecule has 26 nitrogen and oxygen atoms in total. The van der Waals surface area contributed by atoms with Gasteiger partial charge in [-0.1, -0.05) is 6.92 Å². The van der Waals surface area contributed by atoms with Crippen molar-refractivity contribution in [3.8, 4) is 0 Å². The van der Waals surface area contributed by atoms with Crippen molar-refractivity contribution >= 4 is 55.8 Å². The van der Waals surface area contributed by atoms with Gasteiger partial charge in [0.05, 0.1) is 129 Å². The molecule has 1 heterocycles. The summed E-state index contributed by atoms with van der Waals surface area (Å²) in [5.41, 5.74) is -4.11. The number of aliphatic hydroxyl groups excluding tert-OH is 9. The maximum Gasteiger partial charge on any atom is 0.336 e. The Morgan fingerprint density at radius 2 is 0.702 bits per heavy atom. The molecule has 0 aliphatic rings. The van der Waals surface area contributed by atoms with E-state index >= 15 is 0 Å². The van der Waals surface area contributed by atoms with Gasteiger partial charge in [-0.2, -0.15) is 17.3 Å². The van der Waals surface area contributed by atoms with Gasteiger partial charge in [0.15, 0.2) is 0 Å². The van der Waals surface area contributed by atoms with Gasteiger partial charge in [-0.3, -0.25) is 14.4 Å². The zero-order chi connectivity index (χ0) is 54.4. The van der Waals surface area contributed by atoms with Crippen molar-refractivity contribution in [3.05, 3.63) is 36.8 Å². The zero-order valence-corrected chi connectivity index (χ0v) is 87.7. The number of hydrogen-bond acceptors (Lipinski definition) is 25. The summed E-state index contributed by atoms with van der Waals surface area (Å²) in [5, 5.41) is 82.0. The zero-order valence-electron chi connectivity index (χ0n) is 48.3. The fourth-order valence-corrected chi connectivity index (χ4v) is 5.66. The summed E-state index contributed by atoms with van der Waals surface area (Å²) >= 11 is 14.2. The van der Waals surface area contributed by atoms with Crippen LogP contribution in [-0.4, -0.2) is 240 Å². The summed E-state index contributed by atoms with van der Waals surface area (Å²) in [6.45, 7) is 3.66. The molecule has 9 N–H and O–H groups in total. The van der Waals surface area contributed by atoms with Crippen molar-refractivity contribution in [1.82, 2.24) is 13.7 Å². The van der Waals surface area contributed by atoms with Crippen molar-refractivity contribution in [1.29, 1.82) is 0 Å². The third-order valence-electron chi connectivity index (χ3n) is 8.86. The summed E-state index contributed by atoms with van der Waals surface area (Å²) in [5.74, 6) is -0.511. The van der Waals surface area contributed by atoms with Crippen molar-refractivity contribution in [2.24, 2.45) is 10.8 Å². The van der Waals surface area contributed by atoms with E-state index in [4.69, 9.17) is 112 Å². The minimum atomic E-state index is -0.887. The molecule has 0 amide bonds. The Hall–Kier alpha value is 11.7. The SMILES string of the molecule is CC(O)COCC(COCCO)(COCCO)COCCO.CCC(COC(=O)CC[S-])(COC(=O)CC[S-])COC(=O)CC[S-].O=c1n(CCO)c(=O)n(CCO)c(=O)n1CCO.OCC[N-]CCO.[Y].[Y].[Y].[Y].[Y].[Y].[Y].[Y].[Y].[Y].[Y].[Y].[Y]. The molecule has 84 heavy (non-hydrogen) atoms. The van der Waals surface area contributed by atoms with E-state index in [2.05, 4.69) is 5.32 Å². The van der Waals surface area contributed by atoms with Gasteiger partial charge >= 0.3 is 35.0 Å². The summed E-state index contributed by atoms with van der Waals surface area (Å²) in [4.78, 5) is 70.0. The van der Waals surface area contributed by atoms with Gasteiger partial charge in [0, 0.05) is 458 Å². The summed E-state index contributed by atoms with van der Waals surface area (Å²) < 4.78 is 39.3. The molecule has 0 fully saturated rings. The largest absolute Gasteiger partial charge is 0.792 e. The predicted molar refractivity (Wildman–Crippen MR) is 263 cm³/mol. The van der Waals surface area contributed by atoms with E-state index < -0.39 is 71.7 Å². The molecule has 1 rings (SSSR count). The third-order valence-corrected chi connectivity index (χ3v) is 9.47. The van der Waals surface area contributed by atoms with Gasteiger partial charge < -0.3 is 122 Å². The van der Waals surface area contributed by atoms with Crippen LogP contribution in [0.4, 0.5) is 0 Å². The van der Waals surface area contributed by atoms with E-state index in [1.807, 2.05) is 6.92 Å². The second-order valence-electron chi connectivity index (χ2n) is 15.0. The van der Waals surface area contributed by atoms with E-state index in [0.717, 1.165) is 0 Å². The Morgan fingerprint density at radius 1 is 0.440 bits per heavy atom. The number of carbonyl (C=O) groups is 3. The first kappa shape index (κ1) is 135. The molecule has 0 saturated carbocycles. The first-order valence-electron chi connectivity index (χ1n) is 22.7. The van der Waals surface area contributed by atoms with Crippen LogP contribution in [0.25, 0.3) is 5.32 Å². The van der Waals surface area contributed by atoms with Crippen molar-refractivity contribution < 1.29 is 519 Å². The molecule has 42 heteroatoms. The second kappa shape index (κ2) is 96.7. The first-order chi connectivity index (χ1) is 34.0. The standard InChI is InChI=1S/C15H26O6S3.C14H30O8.C9H15N3O6.C4H10NO2.13Y/c1-2-15(9-19-12(16)3-6-22,10-20-13(17)4-7-23)11-21-14(18)5-8-24;1-13(18)8-22-12-14(9-19-5-2-15,10-20-6-3-16)11-21-7-4-17;13-4-1-10-7(16)11(2-5-14)9(18)12(3-6-15)8(10)17;6-3-1-5-2-4-7;;;;;;;;;;;;;/h22-24H,2-11H2,1H3;13,15-18H,2-12H2,1H3;13-15H,1-6H2;6-7H,1-4H2;;;;;;;;;;;;;/q;;;-1;;;;;;;;;;;;;/p-3. The van der Waals surface area contributed by atoms with Gasteiger partial charge in [-0.15, -0.1) is 13.1 Å². The van der Waals surface area contributed by atoms with Crippen LogP contribution in [-0.2, 0) is 530 Å². The summed E-state index contributed by atoms with van der Waals surface area (Å²) in [6.07, 6.45) is 0.269. The molecule has 0 aliphatic carbocycles. The fourth-order valence-electron chi connectivity index (χ4n) is 5.16.